The predicted molar refractivity (Wildman–Crippen MR) is 46.3 cm³/mol. The molecule has 1 rings (SSSR count). The Labute approximate surface area is 89.4 Å². The first-order chi connectivity index (χ1) is 6.73. The van der Waals surface area contributed by atoms with Crippen LogP contribution < -0.4 is 5.73 Å². The van der Waals surface area contributed by atoms with Crippen molar-refractivity contribution in [3.8, 4) is 0 Å². The van der Waals surface area contributed by atoms with Gasteiger partial charge < -0.3 is 5.73 Å². The van der Waals surface area contributed by atoms with Crippen LogP contribution in [-0.4, -0.2) is 4.98 Å². The standard InChI is InChI=1S/C7H4BrF5N2/c8-3-1-2(14)4(6(9)10)5(15-3)7(11,12)13/h1,6H,(H2,14,15). The van der Waals surface area contributed by atoms with Crippen LogP contribution in [0.1, 0.15) is 17.7 Å². The first-order valence-corrected chi connectivity index (χ1v) is 4.34. The third-order valence-electron chi connectivity index (χ3n) is 1.55. The molecule has 84 valence electrons. The minimum atomic E-state index is -4.95. The number of alkyl halides is 5. The van der Waals surface area contributed by atoms with Crippen LogP contribution in [0.4, 0.5) is 27.6 Å². The van der Waals surface area contributed by atoms with Gasteiger partial charge in [-0.2, -0.15) is 13.2 Å². The Kier molecular flexibility index (Phi) is 3.17. The molecule has 0 aliphatic rings. The smallest absolute Gasteiger partial charge is 0.398 e. The second-order valence-corrected chi connectivity index (χ2v) is 3.41. The number of rotatable bonds is 1. The molecule has 1 aromatic rings. The summed E-state index contributed by atoms with van der Waals surface area (Å²) >= 11 is 2.65. The number of aromatic nitrogens is 1. The predicted octanol–water partition coefficient (Wildman–Crippen LogP) is 3.38. The van der Waals surface area contributed by atoms with Crippen LogP contribution in [0, 0.1) is 0 Å². The Bertz CT molecular complexity index is 376. The fraction of sp³-hybridized carbons (Fsp3) is 0.286. The van der Waals surface area contributed by atoms with E-state index in [2.05, 4.69) is 20.9 Å². The highest BCUT2D eigenvalue weighted by atomic mass is 79.9. The number of nitrogens with two attached hydrogens (primary N) is 1. The molecule has 0 atom stereocenters. The lowest BCUT2D eigenvalue weighted by Gasteiger charge is -2.13. The van der Waals surface area contributed by atoms with Gasteiger partial charge in [0.25, 0.3) is 6.43 Å². The summed E-state index contributed by atoms with van der Waals surface area (Å²) in [7, 11) is 0. The monoisotopic (exact) mass is 290 g/mol. The number of pyridine rings is 1. The fourth-order valence-corrected chi connectivity index (χ4v) is 1.41. The highest BCUT2D eigenvalue weighted by Crippen LogP contribution is 2.38. The molecule has 8 heteroatoms. The summed E-state index contributed by atoms with van der Waals surface area (Å²) in [4.78, 5) is 2.96. The highest BCUT2D eigenvalue weighted by molar-refractivity contribution is 9.10. The molecule has 0 aliphatic carbocycles. The van der Waals surface area contributed by atoms with Gasteiger partial charge in [0.2, 0.25) is 0 Å². The summed E-state index contributed by atoms with van der Waals surface area (Å²) in [5, 5.41) is 0. The zero-order valence-corrected chi connectivity index (χ0v) is 8.53. The van der Waals surface area contributed by atoms with E-state index in [0.29, 0.717) is 0 Å². The minimum absolute atomic E-state index is 0.239. The number of anilines is 1. The van der Waals surface area contributed by atoms with Crippen molar-refractivity contribution in [3.63, 3.8) is 0 Å². The van der Waals surface area contributed by atoms with Gasteiger partial charge in [-0.05, 0) is 22.0 Å². The van der Waals surface area contributed by atoms with Gasteiger partial charge in [0.15, 0.2) is 5.69 Å². The van der Waals surface area contributed by atoms with Crippen LogP contribution in [0.15, 0.2) is 10.7 Å². The maximum absolute atomic E-state index is 12.3. The first kappa shape index (κ1) is 12.2. The molecule has 1 heterocycles. The van der Waals surface area contributed by atoms with E-state index in [9.17, 15) is 22.0 Å². The van der Waals surface area contributed by atoms with E-state index in [0.717, 1.165) is 6.07 Å². The van der Waals surface area contributed by atoms with Crippen molar-refractivity contribution in [1.29, 1.82) is 0 Å². The average molecular weight is 291 g/mol. The van der Waals surface area contributed by atoms with E-state index in [1.807, 2.05) is 0 Å². The second kappa shape index (κ2) is 3.92. The van der Waals surface area contributed by atoms with Crippen LogP contribution in [0.25, 0.3) is 0 Å². The van der Waals surface area contributed by atoms with Crippen molar-refractivity contribution in [2.75, 3.05) is 5.73 Å². The highest BCUT2D eigenvalue weighted by Gasteiger charge is 2.39. The summed E-state index contributed by atoms with van der Waals surface area (Å²) in [6, 6.07) is 0.900. The number of nitrogen functional groups attached to an aromatic ring is 1. The molecule has 0 bridgehead atoms. The van der Waals surface area contributed by atoms with Crippen molar-refractivity contribution in [2.24, 2.45) is 0 Å². The second-order valence-electron chi connectivity index (χ2n) is 2.59. The molecule has 0 spiro atoms. The molecule has 2 nitrogen and oxygen atoms in total. The van der Waals surface area contributed by atoms with Crippen LogP contribution in [0.2, 0.25) is 0 Å². The van der Waals surface area contributed by atoms with E-state index in [-0.39, 0.29) is 4.60 Å². The molecule has 0 fully saturated rings. The quantitative estimate of drug-likeness (QED) is 0.636. The van der Waals surface area contributed by atoms with E-state index >= 15 is 0 Å². The summed E-state index contributed by atoms with van der Waals surface area (Å²) in [6.45, 7) is 0. The molecule has 2 N–H and O–H groups in total. The van der Waals surface area contributed by atoms with Crippen LogP contribution >= 0.6 is 15.9 Å². The van der Waals surface area contributed by atoms with Crippen LogP contribution in [-0.2, 0) is 6.18 Å². The van der Waals surface area contributed by atoms with E-state index in [1.165, 1.54) is 0 Å². The van der Waals surface area contributed by atoms with Gasteiger partial charge in [-0.15, -0.1) is 0 Å². The Morgan fingerprint density at radius 2 is 1.87 bits per heavy atom. The zero-order chi connectivity index (χ0) is 11.8. The minimum Gasteiger partial charge on any atom is -0.398 e. The Balaban J connectivity index is 3.47. The number of hydrogen-bond donors (Lipinski definition) is 1. The largest absolute Gasteiger partial charge is 0.433 e. The molecule has 0 saturated carbocycles. The lowest BCUT2D eigenvalue weighted by molar-refractivity contribution is -0.143. The van der Waals surface area contributed by atoms with Gasteiger partial charge in [0.1, 0.15) is 4.60 Å². The first-order valence-electron chi connectivity index (χ1n) is 3.54. The molecule has 0 aromatic carbocycles. The topological polar surface area (TPSA) is 38.9 Å². The van der Waals surface area contributed by atoms with Gasteiger partial charge in [-0.25, -0.2) is 13.8 Å². The van der Waals surface area contributed by atoms with Crippen LogP contribution in [0.3, 0.4) is 0 Å². The van der Waals surface area contributed by atoms with E-state index in [4.69, 9.17) is 5.73 Å². The molecule has 0 radical (unpaired) electrons. The van der Waals surface area contributed by atoms with E-state index < -0.39 is 29.5 Å². The number of hydrogen-bond acceptors (Lipinski definition) is 2. The maximum Gasteiger partial charge on any atom is 0.433 e. The summed E-state index contributed by atoms with van der Waals surface area (Å²) < 4.78 is 61.3. The van der Waals surface area contributed by atoms with Gasteiger partial charge in [-0.1, -0.05) is 0 Å². The lowest BCUT2D eigenvalue weighted by atomic mass is 10.1. The van der Waals surface area contributed by atoms with Gasteiger partial charge in [0.05, 0.1) is 5.56 Å². The molecule has 1 aromatic heterocycles. The zero-order valence-electron chi connectivity index (χ0n) is 6.95. The van der Waals surface area contributed by atoms with E-state index in [1.54, 1.807) is 0 Å². The Morgan fingerprint density at radius 3 is 2.27 bits per heavy atom. The molecule has 0 saturated heterocycles. The maximum atomic E-state index is 12.3. The van der Waals surface area contributed by atoms with Gasteiger partial charge in [-0.3, -0.25) is 0 Å². The Hall–Kier alpha value is -0.920. The normalized spacial score (nSPS) is 12.2. The third-order valence-corrected chi connectivity index (χ3v) is 1.95. The third kappa shape index (κ3) is 2.55. The molecule has 0 unspecified atom stereocenters. The lowest BCUT2D eigenvalue weighted by Crippen LogP contribution is -2.14. The molecular formula is C7H4BrF5N2. The molecular weight excluding hydrogens is 287 g/mol. The molecule has 0 aliphatic heterocycles. The summed E-state index contributed by atoms with van der Waals surface area (Å²) in [6.07, 6.45) is -8.27. The van der Waals surface area contributed by atoms with Gasteiger partial charge >= 0.3 is 6.18 Å². The fourth-order valence-electron chi connectivity index (χ4n) is 0.988. The average Bonchev–Trinajstić information content (AvgIpc) is 1.99. The van der Waals surface area contributed by atoms with Crippen molar-refractivity contribution in [2.45, 2.75) is 12.6 Å². The summed E-state index contributed by atoms with van der Waals surface area (Å²) in [5.41, 5.74) is 1.48. The van der Waals surface area contributed by atoms with Gasteiger partial charge in [0, 0.05) is 5.69 Å². The van der Waals surface area contributed by atoms with Crippen molar-refractivity contribution < 1.29 is 22.0 Å². The van der Waals surface area contributed by atoms with Crippen molar-refractivity contribution >= 4 is 21.6 Å². The molecule has 15 heavy (non-hydrogen) atoms. The summed E-state index contributed by atoms with van der Waals surface area (Å²) in [5.74, 6) is 0. The van der Waals surface area contributed by atoms with Crippen molar-refractivity contribution in [1.82, 2.24) is 4.98 Å². The SMILES string of the molecule is Nc1cc(Br)nc(C(F)(F)F)c1C(F)F. The van der Waals surface area contributed by atoms with Crippen LogP contribution in [0.5, 0.6) is 0 Å². The van der Waals surface area contributed by atoms with Crippen molar-refractivity contribution in [3.05, 3.63) is 21.9 Å². The Morgan fingerprint density at radius 1 is 1.33 bits per heavy atom. The number of halogens is 6. The number of nitrogens with zero attached hydrogens (tertiary/aromatic N) is 1. The molecule has 0 amide bonds.